The van der Waals surface area contributed by atoms with E-state index in [2.05, 4.69) is 5.32 Å². The van der Waals surface area contributed by atoms with E-state index in [1.807, 2.05) is 36.1 Å². The van der Waals surface area contributed by atoms with Crippen molar-refractivity contribution in [3.8, 4) is 0 Å². The Hall–Kier alpha value is -1.06. The molecule has 1 fully saturated rings. The Kier molecular flexibility index (Phi) is 4.61. The standard InChI is InChI=1S/C14H19ClN2O/c1-11(14(18)17-7-2-3-8-17)16-10-12-5-4-6-13(15)9-12/h4-6,9,11,16H,2-3,7-8,10H2,1H3. The molecule has 0 radical (unpaired) electrons. The minimum Gasteiger partial charge on any atom is -0.341 e. The van der Waals surface area contributed by atoms with E-state index in [9.17, 15) is 4.79 Å². The summed E-state index contributed by atoms with van der Waals surface area (Å²) >= 11 is 5.92. The van der Waals surface area contributed by atoms with Gasteiger partial charge < -0.3 is 10.2 Å². The van der Waals surface area contributed by atoms with Gasteiger partial charge >= 0.3 is 0 Å². The lowest BCUT2D eigenvalue weighted by Crippen LogP contribution is -2.43. The smallest absolute Gasteiger partial charge is 0.239 e. The highest BCUT2D eigenvalue weighted by Crippen LogP contribution is 2.12. The molecule has 0 aliphatic carbocycles. The molecule has 0 aromatic heterocycles. The van der Waals surface area contributed by atoms with E-state index in [-0.39, 0.29) is 11.9 Å². The number of carbonyl (C=O) groups excluding carboxylic acids is 1. The van der Waals surface area contributed by atoms with Crippen LogP contribution in [-0.4, -0.2) is 29.9 Å². The molecule has 1 amide bonds. The molecule has 0 spiro atoms. The highest BCUT2D eigenvalue weighted by Gasteiger charge is 2.22. The highest BCUT2D eigenvalue weighted by atomic mass is 35.5. The van der Waals surface area contributed by atoms with Gasteiger partial charge in [-0.2, -0.15) is 0 Å². The Labute approximate surface area is 113 Å². The molecular formula is C14H19ClN2O. The van der Waals surface area contributed by atoms with Crippen LogP contribution in [0, 0.1) is 0 Å². The quantitative estimate of drug-likeness (QED) is 0.908. The van der Waals surface area contributed by atoms with E-state index < -0.39 is 0 Å². The summed E-state index contributed by atoms with van der Waals surface area (Å²) in [4.78, 5) is 14.0. The van der Waals surface area contributed by atoms with E-state index in [0.29, 0.717) is 6.54 Å². The first-order chi connectivity index (χ1) is 8.66. The Bertz CT molecular complexity index is 416. The van der Waals surface area contributed by atoms with Crippen LogP contribution in [0.15, 0.2) is 24.3 Å². The van der Waals surface area contributed by atoms with Crippen LogP contribution >= 0.6 is 11.6 Å². The first-order valence-corrected chi connectivity index (χ1v) is 6.81. The second-order valence-corrected chi connectivity index (χ2v) is 5.20. The van der Waals surface area contributed by atoms with Gasteiger partial charge in [-0.15, -0.1) is 0 Å². The maximum atomic E-state index is 12.1. The molecule has 1 aromatic rings. The van der Waals surface area contributed by atoms with Crippen molar-refractivity contribution in [2.45, 2.75) is 32.4 Å². The first-order valence-electron chi connectivity index (χ1n) is 6.43. The Morgan fingerprint density at radius 3 is 2.83 bits per heavy atom. The zero-order chi connectivity index (χ0) is 13.0. The van der Waals surface area contributed by atoms with Gasteiger partial charge in [-0.3, -0.25) is 4.79 Å². The van der Waals surface area contributed by atoms with Crippen molar-refractivity contribution in [2.75, 3.05) is 13.1 Å². The summed E-state index contributed by atoms with van der Waals surface area (Å²) in [6, 6.07) is 7.56. The molecule has 0 saturated carbocycles. The van der Waals surface area contributed by atoms with Crippen LogP contribution in [0.25, 0.3) is 0 Å². The summed E-state index contributed by atoms with van der Waals surface area (Å²) in [5, 5.41) is 3.98. The molecule has 18 heavy (non-hydrogen) atoms. The largest absolute Gasteiger partial charge is 0.341 e. The minimum atomic E-state index is -0.137. The average molecular weight is 267 g/mol. The highest BCUT2D eigenvalue weighted by molar-refractivity contribution is 6.30. The molecule has 1 unspecified atom stereocenters. The summed E-state index contributed by atoms with van der Waals surface area (Å²) < 4.78 is 0. The van der Waals surface area contributed by atoms with Crippen molar-refractivity contribution in [2.24, 2.45) is 0 Å². The van der Waals surface area contributed by atoms with Crippen molar-refractivity contribution < 1.29 is 4.79 Å². The minimum absolute atomic E-state index is 0.137. The van der Waals surface area contributed by atoms with E-state index in [0.717, 1.165) is 36.5 Å². The lowest BCUT2D eigenvalue weighted by Gasteiger charge is -2.21. The molecule has 1 heterocycles. The van der Waals surface area contributed by atoms with Gasteiger partial charge in [0.05, 0.1) is 6.04 Å². The van der Waals surface area contributed by atoms with Gasteiger partial charge in [0.25, 0.3) is 0 Å². The zero-order valence-corrected chi connectivity index (χ0v) is 11.4. The topological polar surface area (TPSA) is 32.3 Å². The summed E-state index contributed by atoms with van der Waals surface area (Å²) in [6.07, 6.45) is 2.26. The zero-order valence-electron chi connectivity index (χ0n) is 10.7. The molecule has 1 saturated heterocycles. The molecule has 98 valence electrons. The van der Waals surface area contributed by atoms with Crippen LogP contribution in [0.3, 0.4) is 0 Å². The predicted octanol–water partition coefficient (Wildman–Crippen LogP) is 2.44. The first kappa shape index (κ1) is 13.4. The van der Waals surface area contributed by atoms with E-state index in [1.165, 1.54) is 0 Å². The van der Waals surface area contributed by atoms with Gasteiger partial charge in [-0.05, 0) is 37.5 Å². The van der Waals surface area contributed by atoms with Crippen LogP contribution in [0.2, 0.25) is 5.02 Å². The fourth-order valence-corrected chi connectivity index (χ4v) is 2.43. The van der Waals surface area contributed by atoms with E-state index >= 15 is 0 Å². The van der Waals surface area contributed by atoms with Crippen molar-refractivity contribution >= 4 is 17.5 Å². The van der Waals surface area contributed by atoms with Crippen LogP contribution in [0.1, 0.15) is 25.3 Å². The second kappa shape index (κ2) is 6.21. The third kappa shape index (κ3) is 3.47. The van der Waals surface area contributed by atoms with Crippen molar-refractivity contribution in [3.63, 3.8) is 0 Å². The number of rotatable bonds is 4. The third-order valence-corrected chi connectivity index (χ3v) is 3.52. The van der Waals surface area contributed by atoms with Crippen molar-refractivity contribution in [3.05, 3.63) is 34.9 Å². The van der Waals surface area contributed by atoms with Crippen LogP contribution in [0.4, 0.5) is 0 Å². The number of benzene rings is 1. The summed E-state index contributed by atoms with van der Waals surface area (Å²) in [7, 11) is 0. The molecule has 4 heteroatoms. The van der Waals surface area contributed by atoms with Gasteiger partial charge in [-0.25, -0.2) is 0 Å². The van der Waals surface area contributed by atoms with Gasteiger partial charge in [0, 0.05) is 24.7 Å². The summed E-state index contributed by atoms with van der Waals surface area (Å²) in [6.45, 7) is 4.40. The van der Waals surface area contributed by atoms with Crippen LogP contribution < -0.4 is 5.32 Å². The molecule has 1 aliphatic rings. The Morgan fingerprint density at radius 2 is 2.17 bits per heavy atom. The Morgan fingerprint density at radius 1 is 1.44 bits per heavy atom. The number of hydrogen-bond acceptors (Lipinski definition) is 2. The molecule has 3 nitrogen and oxygen atoms in total. The van der Waals surface area contributed by atoms with E-state index in [1.54, 1.807) is 0 Å². The Balaban J connectivity index is 1.84. The summed E-state index contributed by atoms with van der Waals surface area (Å²) in [5.41, 5.74) is 1.10. The fourth-order valence-electron chi connectivity index (χ4n) is 2.22. The van der Waals surface area contributed by atoms with Crippen LogP contribution in [0.5, 0.6) is 0 Å². The number of nitrogens with one attached hydrogen (secondary N) is 1. The molecule has 1 aromatic carbocycles. The number of amides is 1. The van der Waals surface area contributed by atoms with E-state index in [4.69, 9.17) is 11.6 Å². The van der Waals surface area contributed by atoms with Crippen LogP contribution in [-0.2, 0) is 11.3 Å². The molecular weight excluding hydrogens is 248 g/mol. The number of likely N-dealkylation sites (tertiary alicyclic amines) is 1. The number of carbonyl (C=O) groups is 1. The normalized spacial score (nSPS) is 16.9. The van der Waals surface area contributed by atoms with Gasteiger partial charge in [0.1, 0.15) is 0 Å². The van der Waals surface area contributed by atoms with Gasteiger partial charge in [0.2, 0.25) is 5.91 Å². The molecule has 2 rings (SSSR count). The molecule has 0 bridgehead atoms. The lowest BCUT2D eigenvalue weighted by molar-refractivity contribution is -0.131. The number of nitrogens with zero attached hydrogens (tertiary/aromatic N) is 1. The third-order valence-electron chi connectivity index (χ3n) is 3.29. The fraction of sp³-hybridized carbons (Fsp3) is 0.500. The van der Waals surface area contributed by atoms with Gasteiger partial charge in [-0.1, -0.05) is 23.7 Å². The van der Waals surface area contributed by atoms with Crippen molar-refractivity contribution in [1.29, 1.82) is 0 Å². The maximum Gasteiger partial charge on any atom is 0.239 e. The molecule has 1 N–H and O–H groups in total. The lowest BCUT2D eigenvalue weighted by atomic mass is 10.2. The van der Waals surface area contributed by atoms with Gasteiger partial charge in [0.15, 0.2) is 0 Å². The van der Waals surface area contributed by atoms with Crippen molar-refractivity contribution in [1.82, 2.24) is 10.2 Å². The second-order valence-electron chi connectivity index (χ2n) is 4.76. The predicted molar refractivity (Wildman–Crippen MR) is 73.6 cm³/mol. The average Bonchev–Trinajstić information content (AvgIpc) is 2.89. The number of halogens is 1. The maximum absolute atomic E-state index is 12.1. The molecule has 1 atom stereocenters. The SMILES string of the molecule is CC(NCc1cccc(Cl)c1)C(=O)N1CCCC1. The molecule has 1 aliphatic heterocycles. The monoisotopic (exact) mass is 266 g/mol. The number of hydrogen-bond donors (Lipinski definition) is 1. The summed E-state index contributed by atoms with van der Waals surface area (Å²) in [5.74, 6) is 0.203.